The van der Waals surface area contributed by atoms with Crippen LogP contribution in [0, 0.1) is 5.41 Å². The van der Waals surface area contributed by atoms with Gasteiger partial charge in [0.1, 0.15) is 0 Å². The van der Waals surface area contributed by atoms with E-state index in [4.69, 9.17) is 0 Å². The van der Waals surface area contributed by atoms with Gasteiger partial charge in [-0.25, -0.2) is 4.79 Å². The maximum absolute atomic E-state index is 14.4. The standard InChI is InChI=1S/C52H48O3/c1-50(2,3)39-21-17-34(18-22-39)44-29-37(28-36-20-24-43-40-26-27-51(4,5)30-38(40)31-52(6,7)48(43)46(36)44)42-23-19-33-10-8-9-11-41(33)47(42)45(53)25-14-32-12-15-35(16-13-32)49(54)55/h8-29H,30-31H2,1-7H3,(H,54,55)/b25-14+. The highest BCUT2D eigenvalue weighted by molar-refractivity contribution is 6.19. The fourth-order valence-electron chi connectivity index (χ4n) is 8.89. The number of hydrogen-bond acceptors (Lipinski definition) is 2. The van der Waals surface area contributed by atoms with E-state index >= 15 is 0 Å². The maximum Gasteiger partial charge on any atom is 0.335 e. The van der Waals surface area contributed by atoms with Crippen LogP contribution in [-0.4, -0.2) is 16.9 Å². The zero-order chi connectivity index (χ0) is 38.9. The van der Waals surface area contributed by atoms with Gasteiger partial charge in [0.25, 0.3) is 0 Å². The summed E-state index contributed by atoms with van der Waals surface area (Å²) < 4.78 is 0. The molecule has 0 heterocycles. The number of carboxylic acids is 1. The molecule has 0 atom stereocenters. The highest BCUT2D eigenvalue weighted by Crippen LogP contribution is 2.53. The van der Waals surface area contributed by atoms with Crippen molar-refractivity contribution in [2.45, 2.75) is 72.1 Å². The van der Waals surface area contributed by atoms with Crippen molar-refractivity contribution in [3.8, 4) is 22.3 Å². The number of fused-ring (bicyclic) bond motifs is 5. The molecule has 6 aromatic carbocycles. The average Bonchev–Trinajstić information content (AvgIpc) is 3.15. The lowest BCUT2D eigenvalue weighted by atomic mass is 9.63. The molecule has 0 aliphatic heterocycles. The quantitative estimate of drug-likeness (QED) is 0.138. The molecule has 2 aliphatic rings. The number of benzene rings is 6. The minimum Gasteiger partial charge on any atom is -0.478 e. The van der Waals surface area contributed by atoms with Gasteiger partial charge < -0.3 is 5.11 Å². The van der Waals surface area contributed by atoms with Crippen molar-refractivity contribution in [3.63, 3.8) is 0 Å². The first-order valence-corrected chi connectivity index (χ1v) is 19.3. The molecular formula is C52H48O3. The molecule has 0 fully saturated rings. The van der Waals surface area contributed by atoms with Crippen molar-refractivity contribution < 1.29 is 14.7 Å². The third-order valence-corrected chi connectivity index (χ3v) is 11.6. The van der Waals surface area contributed by atoms with Crippen LogP contribution in [0.25, 0.3) is 55.4 Å². The fourth-order valence-corrected chi connectivity index (χ4v) is 8.89. The summed E-state index contributed by atoms with van der Waals surface area (Å²) in [5.41, 5.74) is 12.8. The second-order valence-corrected chi connectivity index (χ2v) is 17.8. The molecule has 55 heavy (non-hydrogen) atoms. The second kappa shape index (κ2) is 13.2. The minimum atomic E-state index is -0.979. The van der Waals surface area contributed by atoms with Crippen molar-refractivity contribution in [2.75, 3.05) is 0 Å². The van der Waals surface area contributed by atoms with E-state index in [1.54, 1.807) is 42.0 Å². The van der Waals surface area contributed by atoms with E-state index in [1.807, 2.05) is 24.3 Å². The Morgan fingerprint density at radius 2 is 1.40 bits per heavy atom. The van der Waals surface area contributed by atoms with Crippen LogP contribution < -0.4 is 0 Å². The SMILES string of the molecule is CC1(C)C=CC2=C(C1)CC(C)(C)c1c2ccc2cc(-c3ccc4ccccc4c3C(=O)/C=C/c3ccc(C(=O)O)cc3)cc(-c3ccc(C(C)(C)C)cc3)c12. The molecule has 3 heteroatoms. The maximum atomic E-state index is 14.4. The molecule has 6 aromatic rings. The third kappa shape index (κ3) is 6.67. The molecule has 1 N–H and O–H groups in total. The Labute approximate surface area is 324 Å². The normalized spacial score (nSPS) is 16.1. The van der Waals surface area contributed by atoms with E-state index in [0.717, 1.165) is 51.3 Å². The smallest absolute Gasteiger partial charge is 0.335 e. The van der Waals surface area contributed by atoms with Gasteiger partial charge >= 0.3 is 5.97 Å². The summed E-state index contributed by atoms with van der Waals surface area (Å²) in [6, 6.07) is 37.1. The van der Waals surface area contributed by atoms with Gasteiger partial charge in [0.05, 0.1) is 5.56 Å². The number of carbonyl (C=O) groups is 2. The average molecular weight is 721 g/mol. The first-order chi connectivity index (χ1) is 26.1. The van der Waals surface area contributed by atoms with Crippen molar-refractivity contribution in [1.82, 2.24) is 0 Å². The van der Waals surface area contributed by atoms with Crippen LogP contribution in [0.3, 0.4) is 0 Å². The molecule has 3 nitrogen and oxygen atoms in total. The molecule has 0 aromatic heterocycles. The van der Waals surface area contributed by atoms with Gasteiger partial charge in [-0.15, -0.1) is 0 Å². The Morgan fingerprint density at radius 1 is 0.709 bits per heavy atom. The third-order valence-electron chi connectivity index (χ3n) is 11.6. The zero-order valence-electron chi connectivity index (χ0n) is 32.9. The molecule has 0 unspecified atom stereocenters. The molecule has 0 saturated heterocycles. The molecule has 0 saturated carbocycles. The summed E-state index contributed by atoms with van der Waals surface area (Å²) in [6.45, 7) is 16.2. The molecule has 0 spiro atoms. The summed E-state index contributed by atoms with van der Waals surface area (Å²) in [4.78, 5) is 25.8. The van der Waals surface area contributed by atoms with Crippen molar-refractivity contribution in [1.29, 1.82) is 0 Å². The van der Waals surface area contributed by atoms with Crippen molar-refractivity contribution >= 4 is 44.9 Å². The predicted molar refractivity (Wildman–Crippen MR) is 230 cm³/mol. The Hall–Kier alpha value is -5.80. The monoisotopic (exact) mass is 720 g/mol. The fraction of sp³-hybridized carbons (Fsp3) is 0.231. The minimum absolute atomic E-state index is 0.0275. The highest BCUT2D eigenvalue weighted by Gasteiger charge is 2.37. The lowest BCUT2D eigenvalue weighted by Gasteiger charge is -2.40. The van der Waals surface area contributed by atoms with Crippen molar-refractivity contribution in [3.05, 3.63) is 166 Å². The van der Waals surface area contributed by atoms with Crippen LogP contribution in [0.5, 0.6) is 0 Å². The molecule has 274 valence electrons. The molecule has 8 rings (SSSR count). The summed E-state index contributed by atoms with van der Waals surface area (Å²) in [5.74, 6) is -1.09. The molecule has 0 bridgehead atoms. The first-order valence-electron chi connectivity index (χ1n) is 19.3. The molecule has 0 radical (unpaired) electrons. The van der Waals surface area contributed by atoms with E-state index in [1.165, 1.54) is 33.2 Å². The van der Waals surface area contributed by atoms with E-state index in [-0.39, 0.29) is 27.6 Å². The summed E-state index contributed by atoms with van der Waals surface area (Å²) in [6.07, 6.45) is 10.2. The van der Waals surface area contributed by atoms with E-state index in [0.29, 0.717) is 5.56 Å². The highest BCUT2D eigenvalue weighted by atomic mass is 16.4. The second-order valence-electron chi connectivity index (χ2n) is 17.8. The number of allylic oxidation sites excluding steroid dienone is 5. The largest absolute Gasteiger partial charge is 0.478 e. The predicted octanol–water partition coefficient (Wildman–Crippen LogP) is 13.6. The number of aromatic carboxylic acids is 1. The van der Waals surface area contributed by atoms with Crippen LogP contribution >= 0.6 is 0 Å². The van der Waals surface area contributed by atoms with E-state index in [2.05, 4.69) is 121 Å². The zero-order valence-corrected chi connectivity index (χ0v) is 32.9. The topological polar surface area (TPSA) is 54.4 Å². The Morgan fingerprint density at radius 3 is 2.11 bits per heavy atom. The van der Waals surface area contributed by atoms with Gasteiger partial charge in [-0.1, -0.05) is 157 Å². The number of hydrogen-bond donors (Lipinski definition) is 1. The molecule has 2 aliphatic carbocycles. The number of carbonyl (C=O) groups excluding carboxylic acids is 1. The van der Waals surface area contributed by atoms with Crippen LogP contribution in [0.2, 0.25) is 0 Å². The Kier molecular flexibility index (Phi) is 8.68. The number of ketones is 1. The number of carboxylic acid groups (broad SMARTS) is 1. The lowest BCUT2D eigenvalue weighted by Crippen LogP contribution is -2.28. The van der Waals surface area contributed by atoms with Crippen LogP contribution in [0.1, 0.15) is 104 Å². The lowest BCUT2D eigenvalue weighted by molar-refractivity contribution is 0.0696. The molecule has 0 amide bonds. The Balaban J connectivity index is 1.36. The van der Waals surface area contributed by atoms with Gasteiger partial charge in [-0.3, -0.25) is 4.79 Å². The first kappa shape index (κ1) is 36.2. The van der Waals surface area contributed by atoms with Crippen LogP contribution in [0.15, 0.2) is 133 Å². The number of rotatable bonds is 6. The van der Waals surface area contributed by atoms with Gasteiger partial charge in [0.2, 0.25) is 0 Å². The van der Waals surface area contributed by atoms with E-state index in [9.17, 15) is 14.7 Å². The van der Waals surface area contributed by atoms with Gasteiger partial charge in [0.15, 0.2) is 5.78 Å². The molecular weight excluding hydrogens is 673 g/mol. The van der Waals surface area contributed by atoms with E-state index < -0.39 is 5.97 Å². The van der Waals surface area contributed by atoms with Gasteiger partial charge in [-0.05, 0) is 131 Å². The summed E-state index contributed by atoms with van der Waals surface area (Å²) >= 11 is 0. The van der Waals surface area contributed by atoms with Crippen molar-refractivity contribution in [2.24, 2.45) is 5.41 Å². The van der Waals surface area contributed by atoms with Gasteiger partial charge in [-0.2, -0.15) is 0 Å². The summed E-state index contributed by atoms with van der Waals surface area (Å²) in [5, 5.41) is 13.7. The van der Waals surface area contributed by atoms with Crippen LogP contribution in [-0.2, 0) is 10.8 Å². The van der Waals surface area contributed by atoms with Gasteiger partial charge in [0, 0.05) is 5.56 Å². The Bertz CT molecular complexity index is 2640. The van der Waals surface area contributed by atoms with Crippen LogP contribution in [0.4, 0.5) is 0 Å². The summed E-state index contributed by atoms with van der Waals surface area (Å²) in [7, 11) is 0.